The van der Waals surface area contributed by atoms with Crippen LogP contribution >= 0.6 is 0 Å². The van der Waals surface area contributed by atoms with Crippen molar-refractivity contribution in [2.45, 2.75) is 40.7 Å². The Kier molecular flexibility index (Phi) is 6.53. The van der Waals surface area contributed by atoms with Gasteiger partial charge in [-0.2, -0.15) is 0 Å². The molecule has 0 saturated heterocycles. The highest BCUT2D eigenvalue weighted by molar-refractivity contribution is 5.25. The van der Waals surface area contributed by atoms with Gasteiger partial charge in [0, 0.05) is 19.6 Å². The Hall–Kier alpha value is -0.860. The zero-order chi connectivity index (χ0) is 14.3. The average Bonchev–Trinajstić information content (AvgIpc) is 2.30. The molecular weight excluding hydrogens is 232 g/mol. The summed E-state index contributed by atoms with van der Waals surface area (Å²) in [4.78, 5) is 2.38. The molecule has 1 N–H and O–H groups in total. The van der Waals surface area contributed by atoms with Crippen LogP contribution in [0.4, 0.5) is 0 Å². The lowest BCUT2D eigenvalue weighted by atomic mass is 9.92. The van der Waals surface area contributed by atoms with Gasteiger partial charge >= 0.3 is 0 Å². The Morgan fingerprint density at radius 1 is 1.11 bits per heavy atom. The molecular formula is C17H30N2. The van der Waals surface area contributed by atoms with Gasteiger partial charge in [0.25, 0.3) is 0 Å². The van der Waals surface area contributed by atoms with Crippen molar-refractivity contribution < 1.29 is 0 Å². The maximum atomic E-state index is 3.53. The molecule has 0 bridgehead atoms. The summed E-state index contributed by atoms with van der Waals surface area (Å²) < 4.78 is 0. The van der Waals surface area contributed by atoms with E-state index in [1.54, 1.807) is 0 Å². The van der Waals surface area contributed by atoms with E-state index in [0.717, 1.165) is 26.2 Å². The predicted molar refractivity (Wildman–Crippen MR) is 84.5 cm³/mol. The van der Waals surface area contributed by atoms with E-state index < -0.39 is 0 Å². The number of hydrogen-bond donors (Lipinski definition) is 1. The lowest BCUT2D eigenvalue weighted by Crippen LogP contribution is -2.30. The third-order valence-electron chi connectivity index (χ3n) is 3.42. The summed E-state index contributed by atoms with van der Waals surface area (Å²) in [6.07, 6.45) is 1.23. The Balaban J connectivity index is 2.18. The third-order valence-corrected chi connectivity index (χ3v) is 3.42. The molecule has 0 amide bonds. The van der Waals surface area contributed by atoms with E-state index in [-0.39, 0.29) is 0 Å². The minimum Gasteiger partial charge on any atom is -0.315 e. The van der Waals surface area contributed by atoms with Crippen LogP contribution in [0.5, 0.6) is 0 Å². The summed E-state index contributed by atoms with van der Waals surface area (Å²) in [7, 11) is 2.19. The molecule has 0 aliphatic carbocycles. The quantitative estimate of drug-likeness (QED) is 0.757. The third kappa shape index (κ3) is 7.34. The van der Waals surface area contributed by atoms with Crippen molar-refractivity contribution in [3.63, 3.8) is 0 Å². The molecule has 0 saturated carbocycles. The van der Waals surface area contributed by atoms with Crippen LogP contribution in [-0.4, -0.2) is 31.6 Å². The minimum absolute atomic E-state index is 0.431. The molecule has 0 aliphatic heterocycles. The summed E-state index contributed by atoms with van der Waals surface area (Å²) in [5.74, 6) is 0. The lowest BCUT2D eigenvalue weighted by molar-refractivity contribution is 0.314. The fraction of sp³-hybridized carbons (Fsp3) is 0.647. The normalized spacial score (nSPS) is 12.1. The standard InChI is InChI=1S/C17H30N2/c1-15-8-6-7-9-16(15)14-19(5)13-12-18-11-10-17(2,3)4/h6-9,18H,10-14H2,1-5H3. The van der Waals surface area contributed by atoms with Crippen molar-refractivity contribution in [3.8, 4) is 0 Å². The summed E-state index contributed by atoms with van der Waals surface area (Å²) in [6, 6.07) is 8.63. The Labute approximate surface area is 119 Å². The number of nitrogens with one attached hydrogen (secondary N) is 1. The van der Waals surface area contributed by atoms with Crippen LogP contribution in [0.3, 0.4) is 0 Å². The molecule has 0 atom stereocenters. The molecule has 0 unspecified atom stereocenters. The zero-order valence-corrected chi connectivity index (χ0v) is 13.3. The second-order valence-corrected chi connectivity index (χ2v) is 6.72. The first-order valence-electron chi connectivity index (χ1n) is 7.32. The number of hydrogen-bond acceptors (Lipinski definition) is 2. The number of likely N-dealkylation sites (N-methyl/N-ethyl adjacent to an activating group) is 1. The fourth-order valence-corrected chi connectivity index (χ4v) is 2.02. The van der Waals surface area contributed by atoms with Crippen molar-refractivity contribution >= 4 is 0 Å². The molecule has 1 aromatic carbocycles. The van der Waals surface area contributed by atoms with E-state index in [9.17, 15) is 0 Å². The second kappa shape index (κ2) is 7.66. The number of aryl methyl sites for hydroxylation is 1. The van der Waals surface area contributed by atoms with Crippen LogP contribution in [-0.2, 0) is 6.54 Å². The van der Waals surface area contributed by atoms with Crippen molar-refractivity contribution in [1.82, 2.24) is 10.2 Å². The van der Waals surface area contributed by atoms with Crippen LogP contribution in [0.1, 0.15) is 38.3 Å². The first-order valence-corrected chi connectivity index (χ1v) is 7.32. The highest BCUT2D eigenvalue weighted by Gasteiger charge is 2.08. The molecule has 0 radical (unpaired) electrons. The maximum absolute atomic E-state index is 3.53. The molecule has 108 valence electrons. The molecule has 19 heavy (non-hydrogen) atoms. The molecule has 2 nitrogen and oxygen atoms in total. The molecule has 1 aromatic rings. The first kappa shape index (κ1) is 16.2. The number of rotatable bonds is 7. The van der Waals surface area contributed by atoms with Gasteiger partial charge in [-0.25, -0.2) is 0 Å². The summed E-state index contributed by atoms with van der Waals surface area (Å²) in [5, 5.41) is 3.53. The van der Waals surface area contributed by atoms with Gasteiger partial charge in [-0.3, -0.25) is 0 Å². The van der Waals surface area contributed by atoms with E-state index in [1.165, 1.54) is 17.5 Å². The van der Waals surface area contributed by atoms with Gasteiger partial charge in [0.05, 0.1) is 0 Å². The van der Waals surface area contributed by atoms with Gasteiger partial charge in [-0.1, -0.05) is 45.0 Å². The minimum atomic E-state index is 0.431. The van der Waals surface area contributed by atoms with E-state index in [1.807, 2.05) is 0 Å². The van der Waals surface area contributed by atoms with Crippen molar-refractivity contribution in [1.29, 1.82) is 0 Å². The fourth-order valence-electron chi connectivity index (χ4n) is 2.02. The molecule has 1 rings (SSSR count). The number of benzene rings is 1. The summed E-state index contributed by atoms with van der Waals surface area (Å²) >= 11 is 0. The molecule has 0 spiro atoms. The van der Waals surface area contributed by atoms with Crippen LogP contribution in [0.25, 0.3) is 0 Å². The first-order chi connectivity index (χ1) is 8.88. The molecule has 0 aliphatic rings. The predicted octanol–water partition coefficient (Wildman–Crippen LogP) is 3.45. The largest absolute Gasteiger partial charge is 0.315 e. The van der Waals surface area contributed by atoms with Crippen LogP contribution in [0, 0.1) is 12.3 Å². The van der Waals surface area contributed by atoms with E-state index >= 15 is 0 Å². The van der Waals surface area contributed by atoms with Gasteiger partial charge < -0.3 is 10.2 Å². The summed E-state index contributed by atoms with van der Waals surface area (Å²) in [5.41, 5.74) is 3.25. The smallest absolute Gasteiger partial charge is 0.0233 e. The Bertz CT molecular complexity index is 366. The van der Waals surface area contributed by atoms with Crippen LogP contribution in [0.15, 0.2) is 24.3 Å². The van der Waals surface area contributed by atoms with Gasteiger partial charge in [0.1, 0.15) is 0 Å². The van der Waals surface area contributed by atoms with Crippen molar-refractivity contribution in [2.75, 3.05) is 26.7 Å². The molecule has 0 aromatic heterocycles. The van der Waals surface area contributed by atoms with E-state index in [0.29, 0.717) is 5.41 Å². The topological polar surface area (TPSA) is 15.3 Å². The highest BCUT2D eigenvalue weighted by Crippen LogP contribution is 2.16. The zero-order valence-electron chi connectivity index (χ0n) is 13.3. The van der Waals surface area contributed by atoms with Crippen molar-refractivity contribution in [3.05, 3.63) is 35.4 Å². The van der Waals surface area contributed by atoms with Crippen LogP contribution < -0.4 is 5.32 Å². The van der Waals surface area contributed by atoms with Gasteiger partial charge in [-0.15, -0.1) is 0 Å². The monoisotopic (exact) mass is 262 g/mol. The summed E-state index contributed by atoms with van der Waals surface area (Å²) in [6.45, 7) is 13.4. The molecule has 0 fully saturated rings. The van der Waals surface area contributed by atoms with E-state index in [2.05, 4.69) is 69.2 Å². The Morgan fingerprint density at radius 3 is 2.42 bits per heavy atom. The van der Waals surface area contributed by atoms with Gasteiger partial charge in [0.2, 0.25) is 0 Å². The van der Waals surface area contributed by atoms with Crippen molar-refractivity contribution in [2.24, 2.45) is 5.41 Å². The number of nitrogens with zero attached hydrogens (tertiary/aromatic N) is 1. The maximum Gasteiger partial charge on any atom is 0.0233 e. The SMILES string of the molecule is Cc1ccccc1CN(C)CCNCCC(C)(C)C. The Morgan fingerprint density at radius 2 is 1.79 bits per heavy atom. The van der Waals surface area contributed by atoms with Gasteiger partial charge in [-0.05, 0) is 43.5 Å². The van der Waals surface area contributed by atoms with Crippen LogP contribution in [0.2, 0.25) is 0 Å². The molecule has 2 heteroatoms. The average molecular weight is 262 g/mol. The molecule has 0 heterocycles. The highest BCUT2D eigenvalue weighted by atomic mass is 15.1. The van der Waals surface area contributed by atoms with E-state index in [4.69, 9.17) is 0 Å². The lowest BCUT2D eigenvalue weighted by Gasteiger charge is -2.20. The van der Waals surface area contributed by atoms with Gasteiger partial charge in [0.15, 0.2) is 0 Å². The second-order valence-electron chi connectivity index (χ2n) is 6.72.